The summed E-state index contributed by atoms with van der Waals surface area (Å²) in [6.45, 7) is 3.79. The minimum Gasteiger partial charge on any atom is -0.148 e. The summed E-state index contributed by atoms with van der Waals surface area (Å²) in [7, 11) is 0. The van der Waals surface area contributed by atoms with Gasteiger partial charge in [-0.2, -0.15) is 0 Å². The molecule has 0 atom stereocenters. The van der Waals surface area contributed by atoms with E-state index >= 15 is 0 Å². The van der Waals surface area contributed by atoms with E-state index in [0.29, 0.717) is 0 Å². The van der Waals surface area contributed by atoms with Crippen molar-refractivity contribution < 1.29 is 0 Å². The summed E-state index contributed by atoms with van der Waals surface area (Å²) in [5.41, 5.74) is 2.80. The van der Waals surface area contributed by atoms with Gasteiger partial charge in [0.05, 0.1) is 0 Å². The molecule has 0 fully saturated rings. The predicted molar refractivity (Wildman–Crippen MR) is 67.5 cm³/mol. The molecule has 0 radical (unpaired) electrons. The normalized spacial score (nSPS) is 10.1. The van der Waals surface area contributed by atoms with Gasteiger partial charge in [0, 0.05) is 11.3 Å². The first kappa shape index (κ1) is 10.2. The van der Waals surface area contributed by atoms with E-state index < -0.39 is 0 Å². The van der Waals surface area contributed by atoms with Crippen LogP contribution in [0.2, 0.25) is 0 Å². The summed E-state index contributed by atoms with van der Waals surface area (Å²) in [4.78, 5) is 1.46. The van der Waals surface area contributed by atoms with Gasteiger partial charge in [-0.3, -0.25) is 0 Å². The van der Waals surface area contributed by atoms with E-state index in [0.717, 1.165) is 12.8 Å². The Hall–Kier alpha value is -1.34. The van der Waals surface area contributed by atoms with Crippen LogP contribution in [0, 0.1) is 0 Å². The second-order valence-electron chi connectivity index (χ2n) is 3.52. The molecule has 0 nitrogen and oxygen atoms in total. The molecule has 2 aromatic rings. The summed E-state index contributed by atoms with van der Waals surface area (Å²) in [5, 5.41) is 2.16. The van der Waals surface area contributed by atoms with Crippen molar-refractivity contribution in [2.24, 2.45) is 0 Å². The quantitative estimate of drug-likeness (QED) is 0.673. The first-order valence-corrected chi connectivity index (χ1v) is 5.98. The Bertz CT molecular complexity index is 426. The molecule has 0 aliphatic heterocycles. The molecule has 15 heavy (non-hydrogen) atoms. The van der Waals surface area contributed by atoms with Crippen LogP contribution in [0.25, 0.3) is 0 Å². The molecule has 0 amide bonds. The second-order valence-corrected chi connectivity index (χ2v) is 4.52. The van der Waals surface area contributed by atoms with Crippen molar-refractivity contribution in [1.82, 2.24) is 0 Å². The van der Waals surface area contributed by atoms with Crippen molar-refractivity contribution in [2.45, 2.75) is 12.8 Å². The average molecular weight is 214 g/mol. The Morgan fingerprint density at radius 2 is 1.93 bits per heavy atom. The summed E-state index contributed by atoms with van der Waals surface area (Å²) in [5.74, 6) is 0. The molecule has 0 N–H and O–H groups in total. The molecule has 0 saturated carbocycles. The van der Waals surface area contributed by atoms with Gasteiger partial charge in [-0.1, -0.05) is 36.4 Å². The zero-order chi connectivity index (χ0) is 10.5. The van der Waals surface area contributed by atoms with Crippen LogP contribution < -0.4 is 0 Å². The van der Waals surface area contributed by atoms with Gasteiger partial charge in [0.15, 0.2) is 0 Å². The fraction of sp³-hybridized carbons (Fsp3) is 0.143. The van der Waals surface area contributed by atoms with Crippen molar-refractivity contribution >= 4 is 11.3 Å². The van der Waals surface area contributed by atoms with Crippen molar-refractivity contribution in [2.75, 3.05) is 0 Å². The molecule has 0 unspecified atom stereocenters. The average Bonchev–Trinajstić information content (AvgIpc) is 2.68. The predicted octanol–water partition coefficient (Wildman–Crippen LogP) is 4.07. The van der Waals surface area contributed by atoms with Crippen molar-refractivity contribution in [3.63, 3.8) is 0 Å². The smallest absolute Gasteiger partial charge is 0.0124 e. The molecule has 0 bridgehead atoms. The molecule has 1 heteroatoms. The van der Waals surface area contributed by atoms with Crippen LogP contribution in [0.5, 0.6) is 0 Å². The molecular weight excluding hydrogens is 200 g/mol. The zero-order valence-corrected chi connectivity index (χ0v) is 9.46. The third-order valence-electron chi connectivity index (χ3n) is 2.41. The lowest BCUT2D eigenvalue weighted by Crippen LogP contribution is -1.88. The summed E-state index contributed by atoms with van der Waals surface area (Å²) in [6, 6.07) is 12.8. The Balaban J connectivity index is 2.17. The van der Waals surface area contributed by atoms with Crippen molar-refractivity contribution in [1.29, 1.82) is 0 Å². The summed E-state index contributed by atoms with van der Waals surface area (Å²) in [6.07, 6.45) is 3.99. The van der Waals surface area contributed by atoms with Crippen LogP contribution in [0.15, 0.2) is 54.4 Å². The van der Waals surface area contributed by atoms with E-state index in [1.165, 1.54) is 16.0 Å². The van der Waals surface area contributed by atoms with E-state index in [-0.39, 0.29) is 0 Å². The Morgan fingerprint density at radius 3 is 2.67 bits per heavy atom. The van der Waals surface area contributed by atoms with Crippen molar-refractivity contribution in [3.8, 4) is 0 Å². The monoisotopic (exact) mass is 214 g/mol. The fourth-order valence-electron chi connectivity index (χ4n) is 1.64. The highest BCUT2D eigenvalue weighted by atomic mass is 32.1. The van der Waals surface area contributed by atoms with Gasteiger partial charge in [0.2, 0.25) is 0 Å². The minimum absolute atomic E-state index is 0.978. The van der Waals surface area contributed by atoms with Gasteiger partial charge in [-0.25, -0.2) is 0 Å². The molecule has 0 aliphatic carbocycles. The lowest BCUT2D eigenvalue weighted by atomic mass is 10.1. The first-order chi connectivity index (χ1) is 7.40. The Labute approximate surface area is 94.9 Å². The highest BCUT2D eigenvalue weighted by Crippen LogP contribution is 2.21. The van der Waals surface area contributed by atoms with Crippen LogP contribution in [0.3, 0.4) is 0 Å². The lowest BCUT2D eigenvalue weighted by Gasteiger charge is -2.01. The zero-order valence-electron chi connectivity index (χ0n) is 8.65. The first-order valence-electron chi connectivity index (χ1n) is 5.10. The maximum Gasteiger partial charge on any atom is 0.0124 e. The molecule has 76 valence electrons. The van der Waals surface area contributed by atoms with Crippen LogP contribution in [0.4, 0.5) is 0 Å². The highest BCUT2D eigenvalue weighted by molar-refractivity contribution is 7.10. The maximum atomic E-state index is 3.79. The molecule has 1 heterocycles. The topological polar surface area (TPSA) is 0 Å². The highest BCUT2D eigenvalue weighted by Gasteiger charge is 2.03. The van der Waals surface area contributed by atoms with Crippen molar-refractivity contribution in [3.05, 3.63) is 70.4 Å². The van der Waals surface area contributed by atoms with Crippen LogP contribution in [0.1, 0.15) is 16.0 Å². The van der Waals surface area contributed by atoms with Gasteiger partial charge in [0.1, 0.15) is 0 Å². The molecular formula is C14H14S. The second kappa shape index (κ2) is 4.94. The minimum atomic E-state index is 0.978. The number of thiophene rings is 1. The van der Waals surface area contributed by atoms with E-state index in [1.54, 1.807) is 0 Å². The van der Waals surface area contributed by atoms with Crippen LogP contribution in [-0.2, 0) is 12.8 Å². The Morgan fingerprint density at radius 1 is 1.13 bits per heavy atom. The summed E-state index contributed by atoms with van der Waals surface area (Å²) < 4.78 is 0. The third kappa shape index (κ3) is 2.57. The summed E-state index contributed by atoms with van der Waals surface area (Å²) >= 11 is 1.84. The maximum absolute atomic E-state index is 3.79. The van der Waals surface area contributed by atoms with E-state index in [1.807, 2.05) is 17.4 Å². The number of hydrogen-bond donors (Lipinski definition) is 0. The SMILES string of the molecule is C=CCc1ccsc1Cc1ccccc1. The van der Waals surface area contributed by atoms with Crippen LogP contribution in [-0.4, -0.2) is 0 Å². The number of benzene rings is 1. The largest absolute Gasteiger partial charge is 0.148 e. The number of rotatable bonds is 4. The van der Waals surface area contributed by atoms with Gasteiger partial charge in [-0.05, 0) is 29.0 Å². The molecule has 1 aromatic heterocycles. The Kier molecular flexibility index (Phi) is 3.36. The van der Waals surface area contributed by atoms with Crippen LogP contribution >= 0.6 is 11.3 Å². The molecule has 0 aliphatic rings. The van der Waals surface area contributed by atoms with Gasteiger partial charge < -0.3 is 0 Å². The van der Waals surface area contributed by atoms with E-state index in [4.69, 9.17) is 0 Å². The molecule has 1 aromatic carbocycles. The third-order valence-corrected chi connectivity index (χ3v) is 3.37. The molecule has 0 saturated heterocycles. The molecule has 2 rings (SSSR count). The van der Waals surface area contributed by atoms with Gasteiger partial charge >= 0.3 is 0 Å². The van der Waals surface area contributed by atoms with Gasteiger partial charge in [0.25, 0.3) is 0 Å². The van der Waals surface area contributed by atoms with E-state index in [2.05, 4.69) is 48.4 Å². The van der Waals surface area contributed by atoms with Gasteiger partial charge in [-0.15, -0.1) is 17.9 Å². The number of hydrogen-bond acceptors (Lipinski definition) is 1. The number of allylic oxidation sites excluding steroid dienone is 1. The lowest BCUT2D eigenvalue weighted by molar-refractivity contribution is 1.17. The fourth-order valence-corrected chi connectivity index (χ4v) is 2.59. The molecule has 0 spiro atoms. The standard InChI is InChI=1S/C14H14S/c1-2-6-13-9-10-15-14(13)11-12-7-4-3-5-8-12/h2-5,7-10H,1,6,11H2. The van der Waals surface area contributed by atoms with E-state index in [9.17, 15) is 0 Å².